The van der Waals surface area contributed by atoms with Gasteiger partial charge in [0.25, 0.3) is 17.7 Å². The van der Waals surface area contributed by atoms with Crippen LogP contribution in [0.25, 0.3) is 0 Å². The van der Waals surface area contributed by atoms with Crippen molar-refractivity contribution in [3.05, 3.63) is 57.8 Å². The highest BCUT2D eigenvalue weighted by Crippen LogP contribution is 2.34. The third kappa shape index (κ3) is 5.66. The summed E-state index contributed by atoms with van der Waals surface area (Å²) in [5.74, 6) is -4.53. The normalized spacial score (nSPS) is 18.6. The lowest BCUT2D eigenvalue weighted by Crippen LogP contribution is -2.50. The summed E-state index contributed by atoms with van der Waals surface area (Å²) < 4.78 is 26.9. The van der Waals surface area contributed by atoms with E-state index in [0.29, 0.717) is 31.4 Å². The molecule has 6 nitrogen and oxygen atoms in total. The van der Waals surface area contributed by atoms with E-state index < -0.39 is 36.0 Å². The number of carbonyl (C=O) groups is 2. The van der Waals surface area contributed by atoms with Crippen molar-refractivity contribution in [1.82, 2.24) is 10.2 Å². The van der Waals surface area contributed by atoms with Crippen LogP contribution < -0.4 is 5.32 Å². The number of carbonyl (C=O) groups excluding carboxylic acids is 2. The van der Waals surface area contributed by atoms with E-state index >= 15 is 0 Å². The summed E-state index contributed by atoms with van der Waals surface area (Å²) in [6.45, 7) is 1.44. The Hall–Kier alpha value is -2.36. The highest BCUT2D eigenvalue weighted by molar-refractivity contribution is 7.09. The second kappa shape index (κ2) is 9.84. The first kappa shape index (κ1) is 23.3. The molecule has 1 aliphatic rings. The SMILES string of the molecule is CC(F)(F)c1ccc(C2CCCN2C(=O)[C@H](O)[C@@H](O)C(=O)NCCc2cccs2)cc1. The fraction of sp³-hybridized carbons (Fsp3) is 0.455. The molecule has 3 rings (SSSR count). The van der Waals surface area contributed by atoms with Gasteiger partial charge in [-0.1, -0.05) is 30.3 Å². The molecule has 1 aromatic carbocycles. The van der Waals surface area contributed by atoms with E-state index in [1.807, 2.05) is 17.5 Å². The summed E-state index contributed by atoms with van der Waals surface area (Å²) >= 11 is 1.55. The largest absolute Gasteiger partial charge is 0.380 e. The lowest BCUT2D eigenvalue weighted by Gasteiger charge is -2.29. The maximum Gasteiger partial charge on any atom is 0.270 e. The average Bonchev–Trinajstić information content (AvgIpc) is 3.43. The van der Waals surface area contributed by atoms with Crippen LogP contribution in [0, 0.1) is 0 Å². The number of amides is 2. The van der Waals surface area contributed by atoms with Gasteiger partial charge in [0, 0.05) is 30.5 Å². The number of aliphatic hydroxyl groups is 2. The van der Waals surface area contributed by atoms with Crippen molar-refractivity contribution in [2.75, 3.05) is 13.1 Å². The molecule has 168 valence electrons. The summed E-state index contributed by atoms with van der Waals surface area (Å²) in [4.78, 5) is 27.4. The highest BCUT2D eigenvalue weighted by Gasteiger charge is 2.38. The van der Waals surface area contributed by atoms with E-state index in [9.17, 15) is 28.6 Å². The van der Waals surface area contributed by atoms with E-state index in [-0.39, 0.29) is 12.1 Å². The smallest absolute Gasteiger partial charge is 0.270 e. The summed E-state index contributed by atoms with van der Waals surface area (Å²) in [5.41, 5.74) is 0.544. The number of likely N-dealkylation sites (tertiary alicyclic amines) is 1. The van der Waals surface area contributed by atoms with Crippen LogP contribution >= 0.6 is 11.3 Å². The Labute approximate surface area is 183 Å². The Kier molecular flexibility index (Phi) is 7.40. The first-order valence-corrected chi connectivity index (χ1v) is 11.0. The first-order valence-electron chi connectivity index (χ1n) is 10.1. The minimum absolute atomic E-state index is 0.123. The van der Waals surface area contributed by atoms with Crippen molar-refractivity contribution in [3.8, 4) is 0 Å². The van der Waals surface area contributed by atoms with Gasteiger partial charge in [-0.05, 0) is 36.3 Å². The van der Waals surface area contributed by atoms with Crippen LogP contribution in [0.1, 0.15) is 41.8 Å². The Morgan fingerprint density at radius 3 is 2.55 bits per heavy atom. The predicted molar refractivity (Wildman–Crippen MR) is 113 cm³/mol. The molecule has 1 unspecified atom stereocenters. The fourth-order valence-electron chi connectivity index (χ4n) is 3.69. The van der Waals surface area contributed by atoms with E-state index in [4.69, 9.17) is 0 Å². The molecule has 0 spiro atoms. The molecule has 0 aliphatic carbocycles. The maximum absolute atomic E-state index is 13.4. The van der Waals surface area contributed by atoms with Crippen LogP contribution in [-0.2, 0) is 21.9 Å². The molecule has 3 N–H and O–H groups in total. The van der Waals surface area contributed by atoms with E-state index in [2.05, 4.69) is 5.32 Å². The van der Waals surface area contributed by atoms with E-state index in [1.54, 1.807) is 23.5 Å². The number of halogens is 2. The molecule has 0 bridgehead atoms. The molecular weight excluding hydrogens is 426 g/mol. The zero-order chi connectivity index (χ0) is 22.6. The van der Waals surface area contributed by atoms with Crippen LogP contribution in [0.3, 0.4) is 0 Å². The van der Waals surface area contributed by atoms with Gasteiger partial charge in [-0.2, -0.15) is 0 Å². The quantitative estimate of drug-likeness (QED) is 0.574. The third-order valence-electron chi connectivity index (χ3n) is 5.41. The average molecular weight is 453 g/mol. The van der Waals surface area contributed by atoms with Crippen LogP contribution in [0.4, 0.5) is 8.78 Å². The summed E-state index contributed by atoms with van der Waals surface area (Å²) in [5, 5.41) is 24.9. The van der Waals surface area contributed by atoms with Gasteiger partial charge in [0.1, 0.15) is 0 Å². The maximum atomic E-state index is 13.4. The monoisotopic (exact) mass is 452 g/mol. The number of nitrogens with zero attached hydrogens (tertiary/aromatic N) is 1. The van der Waals surface area contributed by atoms with Crippen LogP contribution in [-0.4, -0.2) is 52.2 Å². The molecule has 1 fully saturated rings. The number of nitrogens with one attached hydrogen (secondary N) is 1. The molecule has 2 amide bonds. The Balaban J connectivity index is 1.59. The van der Waals surface area contributed by atoms with Gasteiger partial charge in [-0.3, -0.25) is 9.59 Å². The molecule has 9 heteroatoms. The molecule has 2 heterocycles. The highest BCUT2D eigenvalue weighted by atomic mass is 32.1. The topological polar surface area (TPSA) is 89.9 Å². The molecule has 1 saturated heterocycles. The van der Waals surface area contributed by atoms with E-state index in [1.165, 1.54) is 17.0 Å². The van der Waals surface area contributed by atoms with Crippen LogP contribution in [0.2, 0.25) is 0 Å². The van der Waals surface area contributed by atoms with Gasteiger partial charge in [-0.15, -0.1) is 11.3 Å². The van der Waals surface area contributed by atoms with Crippen molar-refractivity contribution < 1.29 is 28.6 Å². The number of aliphatic hydroxyl groups excluding tert-OH is 2. The first-order chi connectivity index (χ1) is 14.7. The van der Waals surface area contributed by atoms with Gasteiger partial charge < -0.3 is 20.4 Å². The standard InChI is InChI=1S/C22H26F2N2O4S/c1-22(23,24)15-8-6-14(7-9-15)17-5-2-12-26(17)21(30)19(28)18(27)20(29)25-11-10-16-4-3-13-31-16/h3-4,6-9,13,17-19,27-28H,2,5,10-12H2,1H3,(H,25,29)/t17?,18-,19-/m1/s1. The second-order valence-corrected chi connectivity index (χ2v) is 8.74. The molecule has 0 radical (unpaired) electrons. The van der Waals surface area contributed by atoms with Crippen molar-refractivity contribution in [2.45, 2.75) is 50.4 Å². The molecule has 31 heavy (non-hydrogen) atoms. The molecule has 3 atom stereocenters. The Bertz CT molecular complexity index is 884. The van der Waals surface area contributed by atoms with Crippen molar-refractivity contribution >= 4 is 23.2 Å². The minimum Gasteiger partial charge on any atom is -0.380 e. The van der Waals surface area contributed by atoms with E-state index in [0.717, 1.165) is 11.8 Å². The summed E-state index contributed by atoms with van der Waals surface area (Å²) in [6.07, 6.45) is -1.94. The molecular formula is C22H26F2N2O4S. The lowest BCUT2D eigenvalue weighted by molar-refractivity contribution is -0.153. The molecule has 0 saturated carbocycles. The molecule has 1 aliphatic heterocycles. The number of alkyl halides is 2. The number of benzene rings is 1. The third-order valence-corrected chi connectivity index (χ3v) is 6.35. The Morgan fingerprint density at radius 1 is 1.23 bits per heavy atom. The summed E-state index contributed by atoms with van der Waals surface area (Å²) in [7, 11) is 0. The van der Waals surface area contributed by atoms with Gasteiger partial charge >= 0.3 is 0 Å². The predicted octanol–water partition coefficient (Wildman–Crippen LogP) is 2.60. The van der Waals surface area contributed by atoms with Gasteiger partial charge in [-0.25, -0.2) is 8.78 Å². The number of hydrogen-bond donors (Lipinski definition) is 3. The van der Waals surface area contributed by atoms with Crippen molar-refractivity contribution in [3.63, 3.8) is 0 Å². The molecule has 2 aromatic rings. The van der Waals surface area contributed by atoms with Crippen LogP contribution in [0.5, 0.6) is 0 Å². The molecule has 1 aromatic heterocycles. The van der Waals surface area contributed by atoms with Gasteiger partial charge in [0.15, 0.2) is 12.2 Å². The summed E-state index contributed by atoms with van der Waals surface area (Å²) in [6, 6.07) is 9.15. The number of thiophene rings is 1. The van der Waals surface area contributed by atoms with Gasteiger partial charge in [0.2, 0.25) is 0 Å². The van der Waals surface area contributed by atoms with Gasteiger partial charge in [0.05, 0.1) is 6.04 Å². The van der Waals surface area contributed by atoms with Crippen LogP contribution in [0.15, 0.2) is 41.8 Å². The Morgan fingerprint density at radius 2 is 1.94 bits per heavy atom. The zero-order valence-corrected chi connectivity index (χ0v) is 17.9. The van der Waals surface area contributed by atoms with Crippen molar-refractivity contribution in [1.29, 1.82) is 0 Å². The fourth-order valence-corrected chi connectivity index (χ4v) is 4.40. The van der Waals surface area contributed by atoms with Crippen molar-refractivity contribution in [2.24, 2.45) is 0 Å². The lowest BCUT2D eigenvalue weighted by atomic mass is 10.0. The second-order valence-electron chi connectivity index (χ2n) is 7.71. The number of rotatable bonds is 8. The minimum atomic E-state index is -2.96. The number of hydrogen-bond acceptors (Lipinski definition) is 5. The zero-order valence-electron chi connectivity index (χ0n) is 17.1.